The molecule has 0 aliphatic carbocycles. The first kappa shape index (κ1) is 21.2. The molecule has 1 atom stereocenters. The zero-order valence-corrected chi connectivity index (χ0v) is 16.6. The fourth-order valence-corrected chi connectivity index (χ4v) is 2.76. The third kappa shape index (κ3) is 5.50. The molecule has 0 bridgehead atoms. The molecule has 1 N–H and O–H groups in total. The van der Waals surface area contributed by atoms with Gasteiger partial charge >= 0.3 is 5.97 Å². The summed E-state index contributed by atoms with van der Waals surface area (Å²) in [6.45, 7) is 2.54. The molecule has 0 unspecified atom stereocenters. The number of fused-ring (bicyclic) bond motifs is 1. The standard InChI is InChI=1S/C22H22FNO6/c1-14(22(26)24-13-15-3-6-17(23)7-4-15)30-20(25)8-5-16-11-18(27-2)21-19(12-16)28-9-10-29-21/h3-8,11-12,14H,9-10,13H2,1-2H3,(H,24,26)/b8-5+/t14-/m0/s1. The molecular weight excluding hydrogens is 393 g/mol. The van der Waals surface area contributed by atoms with E-state index in [9.17, 15) is 14.0 Å². The van der Waals surface area contributed by atoms with Gasteiger partial charge in [-0.05, 0) is 48.4 Å². The van der Waals surface area contributed by atoms with Crippen molar-refractivity contribution in [3.63, 3.8) is 0 Å². The maximum absolute atomic E-state index is 12.9. The van der Waals surface area contributed by atoms with Gasteiger partial charge in [0.2, 0.25) is 5.75 Å². The molecule has 1 amide bonds. The van der Waals surface area contributed by atoms with Gasteiger partial charge in [-0.2, -0.15) is 0 Å². The quantitative estimate of drug-likeness (QED) is 0.553. The van der Waals surface area contributed by atoms with Crippen molar-refractivity contribution in [1.29, 1.82) is 0 Å². The Hall–Kier alpha value is -3.55. The second-order valence-corrected chi connectivity index (χ2v) is 6.50. The maximum atomic E-state index is 12.9. The first-order valence-electron chi connectivity index (χ1n) is 9.34. The second kappa shape index (κ2) is 9.78. The van der Waals surface area contributed by atoms with Crippen LogP contribution in [0.5, 0.6) is 17.2 Å². The van der Waals surface area contributed by atoms with E-state index in [1.807, 2.05) is 0 Å². The minimum absolute atomic E-state index is 0.202. The van der Waals surface area contributed by atoms with E-state index < -0.39 is 18.0 Å². The summed E-state index contributed by atoms with van der Waals surface area (Å²) in [5.41, 5.74) is 1.39. The van der Waals surface area contributed by atoms with E-state index in [0.29, 0.717) is 36.0 Å². The molecule has 2 aromatic carbocycles. The van der Waals surface area contributed by atoms with Crippen LogP contribution in [0.1, 0.15) is 18.1 Å². The smallest absolute Gasteiger partial charge is 0.331 e. The molecule has 0 fully saturated rings. The van der Waals surface area contributed by atoms with Crippen LogP contribution in [0.3, 0.4) is 0 Å². The van der Waals surface area contributed by atoms with Gasteiger partial charge in [-0.1, -0.05) is 12.1 Å². The predicted octanol–water partition coefficient (Wildman–Crippen LogP) is 2.87. The Morgan fingerprint density at radius 2 is 1.93 bits per heavy atom. The van der Waals surface area contributed by atoms with Crippen molar-refractivity contribution >= 4 is 18.0 Å². The summed E-state index contributed by atoms with van der Waals surface area (Å²) in [6, 6.07) is 9.17. The van der Waals surface area contributed by atoms with E-state index in [2.05, 4.69) is 5.32 Å². The zero-order chi connectivity index (χ0) is 21.5. The molecule has 1 aliphatic heterocycles. The molecule has 0 saturated carbocycles. The highest BCUT2D eigenvalue weighted by atomic mass is 19.1. The normalized spacial score (nSPS) is 13.6. The summed E-state index contributed by atoms with van der Waals surface area (Å²) in [5.74, 6) is 0.0657. The highest BCUT2D eigenvalue weighted by Crippen LogP contribution is 2.40. The van der Waals surface area contributed by atoms with Crippen LogP contribution in [0.25, 0.3) is 6.08 Å². The number of hydrogen-bond acceptors (Lipinski definition) is 6. The van der Waals surface area contributed by atoms with Crippen LogP contribution in [-0.4, -0.2) is 38.3 Å². The zero-order valence-electron chi connectivity index (χ0n) is 16.6. The van der Waals surface area contributed by atoms with Gasteiger partial charge in [-0.15, -0.1) is 0 Å². The Morgan fingerprint density at radius 1 is 1.20 bits per heavy atom. The minimum Gasteiger partial charge on any atom is -0.493 e. The summed E-state index contributed by atoms with van der Waals surface area (Å²) in [4.78, 5) is 24.2. The van der Waals surface area contributed by atoms with Crippen LogP contribution in [0.2, 0.25) is 0 Å². The van der Waals surface area contributed by atoms with Crippen molar-refractivity contribution in [3.05, 3.63) is 59.4 Å². The molecule has 2 aromatic rings. The Balaban J connectivity index is 1.54. The lowest BCUT2D eigenvalue weighted by Gasteiger charge is -2.20. The van der Waals surface area contributed by atoms with Crippen molar-refractivity contribution in [2.75, 3.05) is 20.3 Å². The van der Waals surface area contributed by atoms with Gasteiger partial charge in [-0.3, -0.25) is 4.79 Å². The lowest BCUT2D eigenvalue weighted by Crippen LogP contribution is -2.35. The van der Waals surface area contributed by atoms with Gasteiger partial charge in [0.1, 0.15) is 19.0 Å². The summed E-state index contributed by atoms with van der Waals surface area (Å²) >= 11 is 0. The Kier molecular flexibility index (Phi) is 6.90. The lowest BCUT2D eigenvalue weighted by molar-refractivity contribution is -0.150. The molecule has 0 saturated heterocycles. The first-order valence-corrected chi connectivity index (χ1v) is 9.34. The number of ether oxygens (including phenoxy) is 4. The van der Waals surface area contributed by atoms with E-state index in [4.69, 9.17) is 18.9 Å². The topological polar surface area (TPSA) is 83.1 Å². The number of esters is 1. The second-order valence-electron chi connectivity index (χ2n) is 6.50. The van der Waals surface area contributed by atoms with Crippen molar-refractivity contribution in [3.8, 4) is 17.2 Å². The van der Waals surface area contributed by atoms with E-state index in [1.54, 1.807) is 24.3 Å². The lowest BCUT2D eigenvalue weighted by atomic mass is 10.1. The average Bonchev–Trinajstić information content (AvgIpc) is 2.76. The van der Waals surface area contributed by atoms with Crippen LogP contribution in [0.4, 0.5) is 4.39 Å². The molecule has 1 heterocycles. The highest BCUT2D eigenvalue weighted by Gasteiger charge is 2.19. The number of carbonyl (C=O) groups excluding carboxylic acids is 2. The average molecular weight is 415 g/mol. The van der Waals surface area contributed by atoms with Crippen LogP contribution in [-0.2, 0) is 20.9 Å². The van der Waals surface area contributed by atoms with Crippen LogP contribution in [0.15, 0.2) is 42.5 Å². The van der Waals surface area contributed by atoms with E-state index >= 15 is 0 Å². The highest BCUT2D eigenvalue weighted by molar-refractivity contribution is 5.90. The molecular formula is C22H22FNO6. The number of carbonyl (C=O) groups is 2. The number of hydrogen-bond donors (Lipinski definition) is 1. The molecule has 8 heteroatoms. The molecule has 158 valence electrons. The number of methoxy groups -OCH3 is 1. The van der Waals surface area contributed by atoms with Crippen LogP contribution < -0.4 is 19.5 Å². The summed E-state index contributed by atoms with van der Waals surface area (Å²) < 4.78 is 34.4. The van der Waals surface area contributed by atoms with Crippen LogP contribution >= 0.6 is 0 Å². The monoisotopic (exact) mass is 415 g/mol. The molecule has 7 nitrogen and oxygen atoms in total. The summed E-state index contributed by atoms with van der Waals surface area (Å²) in [7, 11) is 1.52. The van der Waals surface area contributed by atoms with Crippen molar-refractivity contribution in [2.24, 2.45) is 0 Å². The summed E-state index contributed by atoms with van der Waals surface area (Å²) in [6.07, 6.45) is 1.76. The summed E-state index contributed by atoms with van der Waals surface area (Å²) in [5, 5.41) is 2.64. The van der Waals surface area contributed by atoms with Gasteiger partial charge in [0.15, 0.2) is 17.6 Å². The van der Waals surface area contributed by atoms with Gasteiger partial charge in [0.25, 0.3) is 5.91 Å². The molecule has 0 radical (unpaired) electrons. The van der Waals surface area contributed by atoms with Crippen molar-refractivity contribution in [2.45, 2.75) is 19.6 Å². The molecule has 0 aromatic heterocycles. The molecule has 1 aliphatic rings. The molecule has 0 spiro atoms. The SMILES string of the molecule is COc1cc(/C=C/C(=O)O[C@@H](C)C(=O)NCc2ccc(F)cc2)cc2c1OCCO2. The van der Waals surface area contributed by atoms with Crippen molar-refractivity contribution in [1.82, 2.24) is 5.32 Å². The fourth-order valence-electron chi connectivity index (χ4n) is 2.76. The number of rotatable bonds is 7. The van der Waals surface area contributed by atoms with Crippen LogP contribution in [0, 0.1) is 5.82 Å². The van der Waals surface area contributed by atoms with Gasteiger partial charge in [0, 0.05) is 12.6 Å². The molecule has 30 heavy (non-hydrogen) atoms. The van der Waals surface area contributed by atoms with Gasteiger partial charge in [0.05, 0.1) is 7.11 Å². The van der Waals surface area contributed by atoms with Gasteiger partial charge in [-0.25, -0.2) is 9.18 Å². The maximum Gasteiger partial charge on any atom is 0.331 e. The third-order valence-corrected chi connectivity index (χ3v) is 4.30. The first-order chi connectivity index (χ1) is 14.5. The number of nitrogens with one attached hydrogen (secondary N) is 1. The number of halogens is 1. The van der Waals surface area contributed by atoms with E-state index in [0.717, 1.165) is 5.56 Å². The van der Waals surface area contributed by atoms with E-state index in [1.165, 1.54) is 38.3 Å². The number of amides is 1. The van der Waals surface area contributed by atoms with E-state index in [-0.39, 0.29) is 12.4 Å². The number of benzene rings is 2. The minimum atomic E-state index is -0.989. The largest absolute Gasteiger partial charge is 0.493 e. The van der Waals surface area contributed by atoms with Crippen molar-refractivity contribution < 1.29 is 32.9 Å². The Labute approximate surface area is 173 Å². The fraction of sp³-hybridized carbons (Fsp3) is 0.273. The predicted molar refractivity (Wildman–Crippen MR) is 107 cm³/mol. The van der Waals surface area contributed by atoms with Gasteiger partial charge < -0.3 is 24.3 Å². The third-order valence-electron chi connectivity index (χ3n) is 4.30. The Morgan fingerprint density at radius 3 is 2.67 bits per heavy atom. The Bertz CT molecular complexity index is 924. The molecule has 3 rings (SSSR count).